The maximum absolute atomic E-state index is 2.59. The van der Waals surface area contributed by atoms with E-state index in [1.807, 2.05) is 0 Å². The van der Waals surface area contributed by atoms with E-state index in [2.05, 4.69) is 55.4 Å². The van der Waals surface area contributed by atoms with Gasteiger partial charge in [0.15, 0.2) is 0 Å². The summed E-state index contributed by atoms with van der Waals surface area (Å²) in [6.45, 7) is 20.3. The lowest BCUT2D eigenvalue weighted by Gasteiger charge is -2.98. The van der Waals surface area contributed by atoms with Crippen molar-refractivity contribution in [2.45, 2.75) is 55.4 Å². The van der Waals surface area contributed by atoms with Crippen LogP contribution in [0.15, 0.2) is 0 Å². The second-order valence-corrected chi connectivity index (χ2v) is 7.96. The van der Waals surface area contributed by atoms with E-state index in [-0.39, 0.29) is 0 Å². The van der Waals surface area contributed by atoms with Crippen LogP contribution in [0.5, 0.6) is 0 Å². The summed E-state index contributed by atoms with van der Waals surface area (Å²) >= 11 is 0. The molecule has 3 aliphatic carbocycles. The summed E-state index contributed by atoms with van der Waals surface area (Å²) in [5, 5.41) is 0. The molecule has 0 saturated heterocycles. The van der Waals surface area contributed by atoms with Crippen molar-refractivity contribution in [1.82, 2.24) is 0 Å². The van der Waals surface area contributed by atoms with Crippen LogP contribution in [0.25, 0.3) is 0 Å². The third kappa shape index (κ3) is 0.512. The molecule has 4 atom stereocenters. The molecule has 0 aliphatic heterocycles. The summed E-state index contributed by atoms with van der Waals surface area (Å²) < 4.78 is 0. The number of hydrogen-bond acceptors (Lipinski definition) is 0. The minimum atomic E-state index is 0.597. The van der Waals surface area contributed by atoms with Crippen LogP contribution in [0.2, 0.25) is 0 Å². The van der Waals surface area contributed by atoms with Crippen LogP contribution >= 0.6 is 0 Å². The second kappa shape index (κ2) is 2.27. The Labute approximate surface area is 101 Å². The fraction of sp³-hybridized carbons (Fsp3) is 1.00. The number of rotatable bonds is 0. The van der Waals surface area contributed by atoms with Crippen molar-refractivity contribution in [3.8, 4) is 0 Å². The molecule has 16 heavy (non-hydrogen) atoms. The minimum Gasteiger partial charge on any atom is -0.0617 e. The van der Waals surface area contributed by atoms with Crippen molar-refractivity contribution in [3.63, 3.8) is 0 Å². The fourth-order valence-corrected chi connectivity index (χ4v) is 7.69. The zero-order chi connectivity index (χ0) is 12.3. The first-order chi connectivity index (χ1) is 7.13. The van der Waals surface area contributed by atoms with Crippen LogP contribution in [0.3, 0.4) is 0 Å². The van der Waals surface area contributed by atoms with Crippen LogP contribution in [-0.4, -0.2) is 0 Å². The highest BCUT2D eigenvalue weighted by Gasteiger charge is 2.94. The Kier molecular flexibility index (Phi) is 1.58. The first kappa shape index (κ1) is 11.1. The molecule has 92 valence electrons. The fourth-order valence-electron chi connectivity index (χ4n) is 7.69. The van der Waals surface area contributed by atoms with E-state index >= 15 is 0 Å². The Morgan fingerprint density at radius 3 is 0.688 bits per heavy atom. The van der Waals surface area contributed by atoms with Gasteiger partial charge < -0.3 is 0 Å². The first-order valence-electron chi connectivity index (χ1n) is 7.13. The molecule has 0 spiro atoms. The van der Waals surface area contributed by atoms with Gasteiger partial charge in [0.25, 0.3) is 0 Å². The summed E-state index contributed by atoms with van der Waals surface area (Å²) in [5.74, 6) is 3.63. The van der Waals surface area contributed by atoms with Gasteiger partial charge in [0.05, 0.1) is 0 Å². The average Bonchev–Trinajstić information content (AvgIpc) is 2.30. The molecule has 3 fully saturated rings. The van der Waals surface area contributed by atoms with Gasteiger partial charge in [0.2, 0.25) is 0 Å². The van der Waals surface area contributed by atoms with Crippen molar-refractivity contribution in [3.05, 3.63) is 0 Å². The lowest BCUT2D eigenvalue weighted by Crippen LogP contribution is -2.94. The maximum atomic E-state index is 2.59. The van der Waals surface area contributed by atoms with Crippen molar-refractivity contribution < 1.29 is 0 Å². The smallest absolute Gasteiger partial charge is 0.0173 e. The third-order valence-corrected chi connectivity index (χ3v) is 9.46. The van der Waals surface area contributed by atoms with Crippen molar-refractivity contribution in [2.75, 3.05) is 0 Å². The molecule has 0 aromatic heterocycles. The Bertz CT molecular complexity index is 284. The zero-order valence-corrected chi connectivity index (χ0v) is 12.3. The molecule has 0 bridgehead atoms. The van der Waals surface area contributed by atoms with E-state index in [4.69, 9.17) is 0 Å². The predicted octanol–water partition coefficient (Wildman–Crippen LogP) is 4.60. The maximum Gasteiger partial charge on any atom is -0.0173 e. The quantitative estimate of drug-likeness (QED) is 0.560. The molecule has 0 radical (unpaired) electrons. The van der Waals surface area contributed by atoms with E-state index in [1.54, 1.807) is 0 Å². The normalized spacial score (nSPS) is 76.5. The van der Waals surface area contributed by atoms with E-state index in [0.29, 0.717) is 21.7 Å². The summed E-state index contributed by atoms with van der Waals surface area (Å²) in [6.07, 6.45) is 0. The van der Waals surface area contributed by atoms with E-state index in [1.165, 1.54) is 0 Å². The largest absolute Gasteiger partial charge is 0.0617 e. The van der Waals surface area contributed by atoms with E-state index in [0.717, 1.165) is 23.7 Å². The Morgan fingerprint density at radius 1 is 0.438 bits per heavy atom. The molecule has 0 amide bonds. The van der Waals surface area contributed by atoms with E-state index in [9.17, 15) is 0 Å². The first-order valence-corrected chi connectivity index (χ1v) is 7.13. The molecule has 0 heterocycles. The standard InChI is InChI=1S/C16H28/c1-9-10(2)14(6)13(9,5)15(7)11(3)12(4)16(14,15)8/h9-12H,1-8H3. The van der Waals surface area contributed by atoms with Crippen molar-refractivity contribution in [1.29, 1.82) is 0 Å². The van der Waals surface area contributed by atoms with Gasteiger partial charge in [-0.1, -0.05) is 55.4 Å². The van der Waals surface area contributed by atoms with Gasteiger partial charge in [-0.3, -0.25) is 0 Å². The lowest BCUT2D eigenvalue weighted by atomic mass is 9.06. The van der Waals surface area contributed by atoms with Gasteiger partial charge >= 0.3 is 0 Å². The molecule has 0 heteroatoms. The predicted molar refractivity (Wildman–Crippen MR) is 69.1 cm³/mol. The summed E-state index contributed by atoms with van der Waals surface area (Å²) in [4.78, 5) is 0. The van der Waals surface area contributed by atoms with Crippen LogP contribution in [0.1, 0.15) is 55.4 Å². The zero-order valence-electron chi connectivity index (χ0n) is 12.3. The second-order valence-electron chi connectivity index (χ2n) is 7.96. The Balaban J connectivity index is 2.15. The summed E-state index contributed by atoms with van der Waals surface area (Å²) in [5.41, 5.74) is 2.39. The number of hydrogen-bond donors (Lipinski definition) is 0. The van der Waals surface area contributed by atoms with Crippen LogP contribution in [0.4, 0.5) is 0 Å². The molecule has 0 nitrogen and oxygen atoms in total. The Hall–Kier alpha value is 0. The number of fused-ring (bicyclic) bond motifs is 4. The molecule has 0 aromatic carbocycles. The van der Waals surface area contributed by atoms with Crippen LogP contribution in [0, 0.1) is 45.3 Å². The average molecular weight is 220 g/mol. The molecule has 3 aliphatic rings. The Morgan fingerprint density at radius 2 is 0.562 bits per heavy atom. The molecule has 4 unspecified atom stereocenters. The van der Waals surface area contributed by atoms with Gasteiger partial charge in [-0.15, -0.1) is 0 Å². The van der Waals surface area contributed by atoms with Gasteiger partial charge in [-0.05, 0) is 45.3 Å². The minimum absolute atomic E-state index is 0.597. The highest BCUT2D eigenvalue weighted by molar-refractivity contribution is 5.40. The molecule has 0 aromatic rings. The van der Waals surface area contributed by atoms with Gasteiger partial charge in [-0.25, -0.2) is 0 Å². The summed E-state index contributed by atoms with van der Waals surface area (Å²) in [6, 6.07) is 0. The molecular weight excluding hydrogens is 192 g/mol. The monoisotopic (exact) mass is 220 g/mol. The molecule has 0 N–H and O–H groups in total. The van der Waals surface area contributed by atoms with Crippen LogP contribution in [-0.2, 0) is 0 Å². The topological polar surface area (TPSA) is 0 Å². The van der Waals surface area contributed by atoms with Crippen LogP contribution < -0.4 is 0 Å². The van der Waals surface area contributed by atoms with Crippen molar-refractivity contribution >= 4 is 0 Å². The highest BCUT2D eigenvalue weighted by Crippen LogP contribution is 2.98. The SMILES string of the molecule is CC1C(C)C2(C)C1(C)C1(C)C(C)C(C)C21C. The molecule has 3 saturated carbocycles. The molecular formula is C16H28. The van der Waals surface area contributed by atoms with Gasteiger partial charge in [-0.2, -0.15) is 0 Å². The third-order valence-electron chi connectivity index (χ3n) is 9.46. The lowest BCUT2D eigenvalue weighted by molar-refractivity contribution is -0.514. The van der Waals surface area contributed by atoms with Gasteiger partial charge in [0, 0.05) is 0 Å². The van der Waals surface area contributed by atoms with Gasteiger partial charge in [0.1, 0.15) is 0 Å². The molecule has 3 rings (SSSR count). The summed E-state index contributed by atoms with van der Waals surface area (Å²) in [7, 11) is 0. The van der Waals surface area contributed by atoms with Crippen molar-refractivity contribution in [2.24, 2.45) is 45.3 Å². The van der Waals surface area contributed by atoms with E-state index < -0.39 is 0 Å². The highest BCUT2D eigenvalue weighted by atomic mass is 15.0.